The van der Waals surface area contributed by atoms with Crippen LogP contribution in [0.5, 0.6) is 5.75 Å². The first-order chi connectivity index (χ1) is 9.64. The molecule has 1 aromatic carbocycles. The Kier molecular flexibility index (Phi) is 3.56. The average molecular weight is 293 g/mol. The normalized spacial score (nSPS) is 25.9. The summed E-state index contributed by atoms with van der Waals surface area (Å²) < 4.78 is 33.1. The van der Waals surface area contributed by atoms with Gasteiger partial charge in [0.25, 0.3) is 0 Å². The van der Waals surface area contributed by atoms with E-state index in [2.05, 4.69) is 6.08 Å². The molecular formula is C15H19NO3S. The van der Waals surface area contributed by atoms with Crippen LogP contribution in [0.3, 0.4) is 0 Å². The van der Waals surface area contributed by atoms with E-state index in [9.17, 15) is 8.42 Å². The third kappa shape index (κ3) is 2.15. The number of nitrogens with zero attached hydrogens (tertiary/aromatic N) is 1. The fourth-order valence-corrected chi connectivity index (χ4v) is 5.09. The third-order valence-corrected chi connectivity index (χ3v) is 5.97. The molecule has 4 nitrogen and oxygen atoms in total. The van der Waals surface area contributed by atoms with E-state index in [0.29, 0.717) is 12.4 Å². The predicted octanol–water partition coefficient (Wildman–Crippen LogP) is 2.57. The van der Waals surface area contributed by atoms with Crippen molar-refractivity contribution in [3.8, 4) is 5.75 Å². The largest absolute Gasteiger partial charge is 0.492 e. The van der Waals surface area contributed by atoms with Gasteiger partial charge in [-0.05, 0) is 38.3 Å². The van der Waals surface area contributed by atoms with Crippen LogP contribution < -0.4 is 4.74 Å². The van der Waals surface area contributed by atoms with Gasteiger partial charge in [0, 0.05) is 12.1 Å². The van der Waals surface area contributed by atoms with Crippen molar-refractivity contribution >= 4 is 10.0 Å². The molecule has 1 aromatic rings. The Balaban J connectivity index is 2.03. The molecule has 5 heteroatoms. The molecule has 0 amide bonds. The summed E-state index contributed by atoms with van der Waals surface area (Å²) >= 11 is 0. The molecule has 2 atom stereocenters. The van der Waals surface area contributed by atoms with E-state index >= 15 is 0 Å². The molecule has 1 fully saturated rings. The number of benzene rings is 1. The van der Waals surface area contributed by atoms with E-state index in [-0.39, 0.29) is 17.0 Å². The van der Waals surface area contributed by atoms with Crippen molar-refractivity contribution in [1.29, 1.82) is 0 Å². The van der Waals surface area contributed by atoms with Gasteiger partial charge in [0.2, 0.25) is 10.0 Å². The van der Waals surface area contributed by atoms with E-state index < -0.39 is 10.0 Å². The maximum Gasteiger partial charge on any atom is 0.247 e. The predicted molar refractivity (Wildman–Crippen MR) is 77.2 cm³/mol. The first-order valence-electron chi connectivity index (χ1n) is 7.06. The monoisotopic (exact) mass is 293 g/mol. The summed E-state index contributed by atoms with van der Waals surface area (Å²) in [4.78, 5) is 0.286. The summed E-state index contributed by atoms with van der Waals surface area (Å²) in [6, 6.07) is 7.01. The summed E-state index contributed by atoms with van der Waals surface area (Å²) in [7, 11) is -3.49. The van der Waals surface area contributed by atoms with Gasteiger partial charge >= 0.3 is 0 Å². The number of hydrogen-bond donors (Lipinski definition) is 0. The molecular weight excluding hydrogens is 274 g/mol. The quantitative estimate of drug-likeness (QED) is 0.802. The molecule has 0 N–H and O–H groups in total. The van der Waals surface area contributed by atoms with Gasteiger partial charge in [-0.1, -0.05) is 24.3 Å². The minimum absolute atomic E-state index is 0.00781. The molecule has 0 spiro atoms. The fraction of sp³-hybridized carbons (Fsp3) is 0.467. The molecule has 0 unspecified atom stereocenters. The van der Waals surface area contributed by atoms with Gasteiger partial charge in [-0.15, -0.1) is 0 Å². The van der Waals surface area contributed by atoms with Gasteiger partial charge in [-0.3, -0.25) is 0 Å². The van der Waals surface area contributed by atoms with E-state index in [4.69, 9.17) is 4.74 Å². The lowest BCUT2D eigenvalue weighted by molar-refractivity contribution is 0.320. The van der Waals surface area contributed by atoms with E-state index in [0.717, 1.165) is 19.3 Å². The number of rotatable bonds is 4. The highest BCUT2D eigenvalue weighted by Gasteiger charge is 2.43. The summed E-state index contributed by atoms with van der Waals surface area (Å²) in [6.45, 7) is 2.32. The van der Waals surface area contributed by atoms with Crippen molar-refractivity contribution in [2.45, 2.75) is 43.2 Å². The minimum Gasteiger partial charge on any atom is -0.492 e. The van der Waals surface area contributed by atoms with Crippen molar-refractivity contribution in [1.82, 2.24) is 4.31 Å². The van der Waals surface area contributed by atoms with Crippen LogP contribution in [0.25, 0.3) is 0 Å². The van der Waals surface area contributed by atoms with E-state index in [1.807, 2.05) is 13.0 Å². The smallest absolute Gasteiger partial charge is 0.247 e. The Bertz CT molecular complexity index is 624. The third-order valence-electron chi connectivity index (χ3n) is 3.95. The summed E-state index contributed by atoms with van der Waals surface area (Å²) in [5.41, 5.74) is 0. The number of sulfonamides is 1. The van der Waals surface area contributed by atoms with Gasteiger partial charge < -0.3 is 4.74 Å². The molecule has 2 aliphatic rings. The maximum absolute atomic E-state index is 13.0. The average Bonchev–Trinajstić information content (AvgIpc) is 2.71. The maximum atomic E-state index is 13.0. The second-order valence-electron chi connectivity index (χ2n) is 5.18. The highest BCUT2D eigenvalue weighted by Crippen LogP contribution is 2.38. The van der Waals surface area contributed by atoms with Crippen LogP contribution in [0.4, 0.5) is 0 Å². The standard InChI is InChI=1S/C15H19NO3S/c1-2-19-14-8-3-4-9-15(14)20(17,18)16-12-6-5-7-13(16)11-10-12/h3-6,8-9,12-13H,2,7,10-11H2,1H3/t12-,13-/m0/s1. The van der Waals surface area contributed by atoms with Crippen molar-refractivity contribution < 1.29 is 13.2 Å². The van der Waals surface area contributed by atoms with E-state index in [1.165, 1.54) is 0 Å². The van der Waals surface area contributed by atoms with Gasteiger partial charge in [0.15, 0.2) is 0 Å². The zero-order chi connectivity index (χ0) is 14.2. The number of ether oxygens (including phenoxy) is 1. The van der Waals surface area contributed by atoms with Gasteiger partial charge in [-0.2, -0.15) is 4.31 Å². The summed E-state index contributed by atoms with van der Waals surface area (Å²) in [5.74, 6) is 0.448. The Hall–Kier alpha value is -1.33. The Labute approximate surface area is 120 Å². The van der Waals surface area contributed by atoms with Crippen LogP contribution in [-0.4, -0.2) is 31.4 Å². The molecule has 3 rings (SSSR count). The first kappa shape index (κ1) is 13.6. The topological polar surface area (TPSA) is 46.6 Å². The summed E-state index contributed by atoms with van der Waals surface area (Å²) in [6.07, 6.45) is 6.78. The minimum atomic E-state index is -3.49. The molecule has 2 bridgehead atoms. The van der Waals surface area contributed by atoms with Crippen molar-refractivity contribution in [3.63, 3.8) is 0 Å². The van der Waals surface area contributed by atoms with Gasteiger partial charge in [0.05, 0.1) is 6.61 Å². The Morgan fingerprint density at radius 2 is 2.10 bits per heavy atom. The lowest BCUT2D eigenvalue weighted by atomic mass is 10.2. The lowest BCUT2D eigenvalue weighted by Gasteiger charge is -2.30. The second-order valence-corrected chi connectivity index (χ2v) is 6.99. The zero-order valence-corrected chi connectivity index (χ0v) is 12.3. The molecule has 2 heterocycles. The number of para-hydroxylation sites is 1. The second kappa shape index (κ2) is 5.22. The Morgan fingerprint density at radius 3 is 2.85 bits per heavy atom. The highest BCUT2D eigenvalue weighted by atomic mass is 32.2. The van der Waals surface area contributed by atoms with Crippen LogP contribution in [-0.2, 0) is 10.0 Å². The molecule has 0 radical (unpaired) electrons. The molecule has 108 valence electrons. The molecule has 0 aliphatic carbocycles. The Morgan fingerprint density at radius 1 is 1.30 bits per heavy atom. The number of hydrogen-bond acceptors (Lipinski definition) is 3. The van der Waals surface area contributed by atoms with Crippen LogP contribution in [0.2, 0.25) is 0 Å². The van der Waals surface area contributed by atoms with Crippen molar-refractivity contribution in [2.75, 3.05) is 6.61 Å². The van der Waals surface area contributed by atoms with Crippen molar-refractivity contribution in [3.05, 3.63) is 36.4 Å². The first-order valence-corrected chi connectivity index (χ1v) is 8.50. The van der Waals surface area contributed by atoms with Gasteiger partial charge in [0.1, 0.15) is 10.6 Å². The zero-order valence-electron chi connectivity index (χ0n) is 11.5. The number of fused-ring (bicyclic) bond motifs is 2. The van der Waals surface area contributed by atoms with E-state index in [1.54, 1.807) is 28.6 Å². The van der Waals surface area contributed by atoms with Crippen LogP contribution in [0.1, 0.15) is 26.2 Å². The van der Waals surface area contributed by atoms with Crippen LogP contribution >= 0.6 is 0 Å². The van der Waals surface area contributed by atoms with Gasteiger partial charge in [-0.25, -0.2) is 8.42 Å². The molecule has 1 saturated heterocycles. The molecule has 20 heavy (non-hydrogen) atoms. The van der Waals surface area contributed by atoms with Crippen LogP contribution in [0.15, 0.2) is 41.3 Å². The highest BCUT2D eigenvalue weighted by molar-refractivity contribution is 7.89. The fourth-order valence-electron chi connectivity index (χ4n) is 3.11. The van der Waals surface area contributed by atoms with Crippen LogP contribution in [0, 0.1) is 0 Å². The molecule has 2 aliphatic heterocycles. The summed E-state index contributed by atoms with van der Waals surface area (Å²) in [5, 5.41) is 0. The lowest BCUT2D eigenvalue weighted by Crippen LogP contribution is -2.42. The molecule has 0 aromatic heterocycles. The SMILES string of the molecule is CCOc1ccccc1S(=O)(=O)N1[C@H]2CC=C[C@H]1CC2. The molecule has 0 saturated carbocycles. The van der Waals surface area contributed by atoms with Crippen molar-refractivity contribution in [2.24, 2.45) is 0 Å².